The molecule has 2 heterocycles. The summed E-state index contributed by atoms with van der Waals surface area (Å²) in [7, 11) is 1.54. The number of benzene rings is 2. The Hall–Kier alpha value is -4.19. The van der Waals surface area contributed by atoms with Gasteiger partial charge in [0.1, 0.15) is 18.6 Å². The fraction of sp³-hybridized carbons (Fsp3) is 0.150. The van der Waals surface area contributed by atoms with Crippen molar-refractivity contribution in [2.24, 2.45) is 7.05 Å². The fourth-order valence-electron chi connectivity index (χ4n) is 2.83. The third-order valence-corrected chi connectivity index (χ3v) is 4.45. The van der Waals surface area contributed by atoms with Crippen molar-refractivity contribution in [2.45, 2.75) is 13.5 Å². The van der Waals surface area contributed by atoms with Crippen molar-refractivity contribution in [2.75, 3.05) is 0 Å². The quantitative estimate of drug-likeness (QED) is 0.488. The number of hydrogen-bond acceptors (Lipinski definition) is 6. The molecule has 144 valence electrons. The van der Waals surface area contributed by atoms with Crippen LogP contribution in [0.2, 0.25) is 0 Å². The van der Waals surface area contributed by atoms with Gasteiger partial charge >= 0.3 is 11.8 Å². The second-order valence-corrected chi connectivity index (χ2v) is 6.32. The predicted molar refractivity (Wildman–Crippen MR) is 104 cm³/mol. The van der Waals surface area contributed by atoms with E-state index in [1.165, 1.54) is 18.0 Å². The van der Waals surface area contributed by atoms with E-state index in [1.807, 2.05) is 19.1 Å². The zero-order valence-corrected chi connectivity index (χ0v) is 15.7. The number of rotatable bonds is 5. The molecule has 0 aliphatic carbocycles. The molecule has 0 aliphatic rings. The van der Waals surface area contributed by atoms with Crippen LogP contribution in [0.3, 0.4) is 0 Å². The minimum absolute atomic E-state index is 0.106. The summed E-state index contributed by atoms with van der Waals surface area (Å²) in [6.07, 6.45) is 1.60. The summed E-state index contributed by atoms with van der Waals surface area (Å²) in [6.45, 7) is 9.07. The van der Waals surface area contributed by atoms with Gasteiger partial charge in [-0.25, -0.2) is 9.64 Å². The zero-order valence-electron chi connectivity index (χ0n) is 15.7. The highest BCUT2D eigenvalue weighted by atomic mass is 16.6. The fourth-order valence-corrected chi connectivity index (χ4v) is 2.83. The number of ether oxygens (including phenoxy) is 1. The first-order valence-corrected chi connectivity index (χ1v) is 8.71. The normalized spacial score (nSPS) is 10.7. The summed E-state index contributed by atoms with van der Waals surface area (Å²) in [5, 5.41) is 7.66. The Morgan fingerprint density at radius 3 is 2.66 bits per heavy atom. The number of aromatic nitrogens is 5. The topological polar surface area (TPSA) is 92.3 Å². The van der Waals surface area contributed by atoms with Gasteiger partial charge in [0, 0.05) is 18.2 Å². The molecule has 0 bridgehead atoms. The maximum Gasteiger partial charge on any atom is 0.394 e. The van der Waals surface area contributed by atoms with Crippen molar-refractivity contribution in [3.63, 3.8) is 0 Å². The molecule has 4 rings (SSSR count). The molecule has 0 aliphatic heterocycles. The first kappa shape index (κ1) is 18.2. The largest absolute Gasteiger partial charge is 0.445 e. The van der Waals surface area contributed by atoms with E-state index < -0.39 is 0 Å². The predicted octanol–water partition coefficient (Wildman–Crippen LogP) is 3.06. The van der Waals surface area contributed by atoms with Gasteiger partial charge in [-0.3, -0.25) is 0 Å². The van der Waals surface area contributed by atoms with Gasteiger partial charge < -0.3 is 9.15 Å². The number of nitrogens with zero attached hydrogens (tertiary/aromatic N) is 6. The molecule has 2 aromatic carbocycles. The molecule has 4 aromatic rings. The highest BCUT2D eigenvalue weighted by molar-refractivity contribution is 5.62. The van der Waals surface area contributed by atoms with Crippen molar-refractivity contribution >= 4 is 5.69 Å². The van der Waals surface area contributed by atoms with E-state index in [-0.39, 0.29) is 18.4 Å². The molecular formula is C20H16N6O3. The van der Waals surface area contributed by atoms with Gasteiger partial charge in [0.15, 0.2) is 5.69 Å². The van der Waals surface area contributed by atoms with Crippen LogP contribution in [-0.4, -0.2) is 24.8 Å². The number of tetrazole rings is 1. The molecule has 0 spiro atoms. The Bertz CT molecular complexity index is 1260. The maximum absolute atomic E-state index is 12.2. The summed E-state index contributed by atoms with van der Waals surface area (Å²) >= 11 is 0. The van der Waals surface area contributed by atoms with Crippen LogP contribution in [0.1, 0.15) is 11.1 Å². The molecule has 9 nitrogen and oxygen atoms in total. The molecule has 0 fully saturated rings. The van der Waals surface area contributed by atoms with E-state index in [0.29, 0.717) is 17.1 Å². The SMILES string of the molecule is [C-]#[N+]c1ccc(-c2coc(OCc3c(C)cccc3-n3nnn(C)c3=O)n2)cc1. The molecule has 0 saturated heterocycles. The van der Waals surface area contributed by atoms with Crippen molar-refractivity contribution in [1.82, 2.24) is 24.8 Å². The highest BCUT2D eigenvalue weighted by Crippen LogP contribution is 2.25. The summed E-state index contributed by atoms with van der Waals surface area (Å²) < 4.78 is 13.5. The van der Waals surface area contributed by atoms with Crippen molar-refractivity contribution in [3.05, 3.63) is 81.8 Å². The Morgan fingerprint density at radius 2 is 1.97 bits per heavy atom. The van der Waals surface area contributed by atoms with Crippen LogP contribution in [0.4, 0.5) is 5.69 Å². The lowest BCUT2D eigenvalue weighted by atomic mass is 10.1. The van der Waals surface area contributed by atoms with Crippen LogP contribution < -0.4 is 10.4 Å². The number of hydrogen-bond donors (Lipinski definition) is 0. The van der Waals surface area contributed by atoms with Crippen LogP contribution in [0.25, 0.3) is 21.8 Å². The van der Waals surface area contributed by atoms with E-state index in [2.05, 4.69) is 20.3 Å². The third-order valence-electron chi connectivity index (χ3n) is 4.45. The summed E-state index contributed by atoms with van der Waals surface area (Å²) in [6, 6.07) is 12.6. The Labute approximate surface area is 165 Å². The van der Waals surface area contributed by atoms with Gasteiger partial charge in [0.2, 0.25) is 0 Å². The average Bonchev–Trinajstić information content (AvgIpc) is 3.34. The molecule has 0 radical (unpaired) electrons. The van der Waals surface area contributed by atoms with E-state index >= 15 is 0 Å². The van der Waals surface area contributed by atoms with Crippen molar-refractivity contribution < 1.29 is 9.15 Å². The number of aryl methyl sites for hydroxylation is 2. The van der Waals surface area contributed by atoms with Crippen LogP contribution in [0, 0.1) is 13.5 Å². The lowest BCUT2D eigenvalue weighted by Gasteiger charge is -2.11. The van der Waals surface area contributed by atoms with Gasteiger partial charge in [-0.15, -0.1) is 0 Å². The zero-order chi connectivity index (χ0) is 20.4. The third kappa shape index (κ3) is 3.51. The second-order valence-electron chi connectivity index (χ2n) is 6.32. The van der Waals surface area contributed by atoms with Gasteiger partial charge in [-0.1, -0.05) is 36.4 Å². The first-order valence-electron chi connectivity index (χ1n) is 8.71. The lowest BCUT2D eigenvalue weighted by Crippen LogP contribution is -2.23. The minimum atomic E-state index is -0.349. The second kappa shape index (κ2) is 7.44. The Balaban J connectivity index is 1.57. The van der Waals surface area contributed by atoms with Gasteiger partial charge in [0.25, 0.3) is 0 Å². The average molecular weight is 388 g/mol. The molecule has 0 amide bonds. The molecule has 29 heavy (non-hydrogen) atoms. The Morgan fingerprint density at radius 1 is 1.17 bits per heavy atom. The van der Waals surface area contributed by atoms with Crippen LogP contribution in [0.5, 0.6) is 6.08 Å². The summed E-state index contributed by atoms with van der Waals surface area (Å²) in [5.74, 6) is 0. The van der Waals surface area contributed by atoms with Crippen LogP contribution >= 0.6 is 0 Å². The molecule has 9 heteroatoms. The Kier molecular flexibility index (Phi) is 4.66. The maximum atomic E-state index is 12.2. The molecule has 2 aromatic heterocycles. The monoisotopic (exact) mass is 388 g/mol. The molecular weight excluding hydrogens is 372 g/mol. The van der Waals surface area contributed by atoms with Crippen molar-refractivity contribution in [1.29, 1.82) is 0 Å². The van der Waals surface area contributed by atoms with E-state index in [9.17, 15) is 4.79 Å². The van der Waals surface area contributed by atoms with E-state index in [0.717, 1.165) is 21.4 Å². The van der Waals surface area contributed by atoms with Gasteiger partial charge in [-0.2, -0.15) is 14.3 Å². The molecule has 0 saturated carbocycles. The lowest BCUT2D eigenvalue weighted by molar-refractivity contribution is 0.219. The van der Waals surface area contributed by atoms with Crippen LogP contribution in [-0.2, 0) is 13.7 Å². The minimum Gasteiger partial charge on any atom is -0.445 e. The summed E-state index contributed by atoms with van der Waals surface area (Å²) in [4.78, 5) is 19.9. The van der Waals surface area contributed by atoms with E-state index in [4.69, 9.17) is 15.7 Å². The molecule has 0 atom stereocenters. The molecule has 0 N–H and O–H groups in total. The summed E-state index contributed by atoms with van der Waals surface area (Å²) in [5.41, 5.74) is 3.92. The smallest absolute Gasteiger partial charge is 0.394 e. The van der Waals surface area contributed by atoms with Gasteiger partial charge in [-0.05, 0) is 29.0 Å². The van der Waals surface area contributed by atoms with Crippen molar-refractivity contribution in [3.8, 4) is 23.0 Å². The van der Waals surface area contributed by atoms with E-state index in [1.54, 1.807) is 30.3 Å². The first-order chi connectivity index (χ1) is 14.1. The number of oxazole rings is 1. The van der Waals surface area contributed by atoms with Gasteiger partial charge in [0.05, 0.1) is 12.3 Å². The molecule has 0 unspecified atom stereocenters. The van der Waals surface area contributed by atoms with Crippen LogP contribution in [0.15, 0.2) is 57.9 Å². The highest BCUT2D eigenvalue weighted by Gasteiger charge is 2.15. The standard InChI is InChI=1S/C20H16N6O3/c1-13-5-4-6-18(26-20(27)25(3)23-24-26)16(13)11-28-19-22-17(12-29-19)14-7-9-15(21-2)10-8-14/h4-10,12H,11H2,1,3H3.